The van der Waals surface area contributed by atoms with Crippen LogP contribution in [0.5, 0.6) is 11.8 Å². The topological polar surface area (TPSA) is 95.9 Å². The standard InChI is InChI=1S/C22H20ClF2N5O2/c1-22(2,31)9-10-26-19-17-18(13-5-3-4-6-14(13)23)29-30-20(17)28-21(27-19)32-16-8-7-12(24)11-15(16)25/h3-8,11,31H,9-10H2,1-2H3,(H2,26,27,28,29,30). The molecular formula is C22H20ClF2N5O2. The van der Waals surface area contributed by atoms with Crippen molar-refractivity contribution in [1.29, 1.82) is 0 Å². The number of fused-ring (bicyclic) bond motifs is 1. The fourth-order valence-electron chi connectivity index (χ4n) is 3.08. The third-order valence-corrected chi connectivity index (χ3v) is 4.99. The smallest absolute Gasteiger partial charge is 0.326 e. The average molecular weight is 460 g/mol. The largest absolute Gasteiger partial charge is 0.421 e. The lowest BCUT2D eigenvalue weighted by molar-refractivity contribution is 0.0748. The lowest BCUT2D eigenvalue weighted by Gasteiger charge is -2.17. The zero-order valence-electron chi connectivity index (χ0n) is 17.3. The highest BCUT2D eigenvalue weighted by molar-refractivity contribution is 6.33. The number of H-pyrrole nitrogens is 1. The Morgan fingerprint density at radius 3 is 2.66 bits per heavy atom. The van der Waals surface area contributed by atoms with E-state index in [1.165, 1.54) is 0 Å². The lowest BCUT2D eigenvalue weighted by Crippen LogP contribution is -2.23. The van der Waals surface area contributed by atoms with Crippen LogP contribution in [-0.4, -0.2) is 37.4 Å². The number of hydrogen-bond acceptors (Lipinski definition) is 6. The van der Waals surface area contributed by atoms with Crippen LogP contribution < -0.4 is 10.1 Å². The van der Waals surface area contributed by atoms with Gasteiger partial charge in [0.2, 0.25) is 0 Å². The summed E-state index contributed by atoms with van der Waals surface area (Å²) in [4.78, 5) is 8.64. The molecule has 0 amide bonds. The predicted octanol–water partition coefficient (Wildman–Crippen LogP) is 5.32. The molecule has 0 unspecified atom stereocenters. The molecule has 2 aromatic heterocycles. The molecule has 0 radical (unpaired) electrons. The summed E-state index contributed by atoms with van der Waals surface area (Å²) in [6.07, 6.45) is 0.431. The fourth-order valence-corrected chi connectivity index (χ4v) is 3.31. The van der Waals surface area contributed by atoms with Crippen LogP contribution in [0.3, 0.4) is 0 Å². The normalized spacial score (nSPS) is 11.7. The van der Waals surface area contributed by atoms with E-state index in [9.17, 15) is 13.9 Å². The number of aromatic nitrogens is 4. The Morgan fingerprint density at radius 2 is 1.94 bits per heavy atom. The second kappa shape index (κ2) is 8.68. The first-order chi connectivity index (χ1) is 15.2. The fraction of sp³-hybridized carbons (Fsp3) is 0.227. The summed E-state index contributed by atoms with van der Waals surface area (Å²) >= 11 is 6.36. The van der Waals surface area contributed by atoms with Crippen LogP contribution in [0.2, 0.25) is 5.02 Å². The number of ether oxygens (including phenoxy) is 1. The maximum atomic E-state index is 14.1. The monoisotopic (exact) mass is 459 g/mol. The molecule has 4 rings (SSSR count). The number of benzene rings is 2. The van der Waals surface area contributed by atoms with Gasteiger partial charge in [-0.3, -0.25) is 5.10 Å². The summed E-state index contributed by atoms with van der Waals surface area (Å²) in [6, 6.07) is 9.99. The van der Waals surface area contributed by atoms with E-state index < -0.39 is 17.2 Å². The number of nitrogens with zero attached hydrogens (tertiary/aromatic N) is 3. The van der Waals surface area contributed by atoms with Crippen LogP contribution in [0.4, 0.5) is 14.6 Å². The number of anilines is 1. The number of aromatic amines is 1. The van der Waals surface area contributed by atoms with E-state index >= 15 is 0 Å². The van der Waals surface area contributed by atoms with E-state index in [-0.39, 0.29) is 17.4 Å². The molecule has 0 spiro atoms. The zero-order valence-corrected chi connectivity index (χ0v) is 18.0. The van der Waals surface area contributed by atoms with Crippen molar-refractivity contribution in [2.24, 2.45) is 0 Å². The van der Waals surface area contributed by atoms with Crippen molar-refractivity contribution < 1.29 is 18.6 Å². The number of rotatable bonds is 7. The van der Waals surface area contributed by atoms with Gasteiger partial charge in [-0.2, -0.15) is 15.1 Å². The molecule has 4 aromatic rings. The summed E-state index contributed by atoms with van der Waals surface area (Å²) in [6.45, 7) is 3.78. The molecule has 0 atom stereocenters. The van der Waals surface area contributed by atoms with Crippen LogP contribution in [0, 0.1) is 11.6 Å². The van der Waals surface area contributed by atoms with Gasteiger partial charge in [-0.25, -0.2) is 8.78 Å². The maximum Gasteiger partial charge on any atom is 0.326 e. The highest BCUT2D eigenvalue weighted by Gasteiger charge is 2.20. The predicted molar refractivity (Wildman–Crippen MR) is 118 cm³/mol. The molecule has 2 heterocycles. The zero-order chi connectivity index (χ0) is 22.9. The molecule has 0 aliphatic carbocycles. The van der Waals surface area contributed by atoms with E-state index in [0.29, 0.717) is 46.5 Å². The summed E-state index contributed by atoms with van der Waals surface area (Å²) in [7, 11) is 0. The van der Waals surface area contributed by atoms with Crippen molar-refractivity contribution >= 4 is 28.5 Å². The first-order valence-corrected chi connectivity index (χ1v) is 10.2. The summed E-state index contributed by atoms with van der Waals surface area (Å²) in [5, 5.41) is 21.4. The van der Waals surface area contributed by atoms with Gasteiger partial charge in [0.15, 0.2) is 17.2 Å². The number of halogens is 3. The molecule has 0 bridgehead atoms. The second-order valence-corrected chi connectivity index (χ2v) is 8.21. The molecular weight excluding hydrogens is 440 g/mol. The Hall–Kier alpha value is -3.30. The van der Waals surface area contributed by atoms with E-state index in [0.717, 1.165) is 12.1 Å². The van der Waals surface area contributed by atoms with Gasteiger partial charge in [0.1, 0.15) is 11.6 Å². The third kappa shape index (κ3) is 4.79. The van der Waals surface area contributed by atoms with Crippen LogP contribution in [0.25, 0.3) is 22.3 Å². The van der Waals surface area contributed by atoms with Crippen molar-refractivity contribution in [3.05, 3.63) is 59.1 Å². The van der Waals surface area contributed by atoms with Crippen LogP contribution in [-0.2, 0) is 0 Å². The Bertz CT molecular complexity index is 1270. The Morgan fingerprint density at radius 1 is 1.16 bits per heavy atom. The first kappa shape index (κ1) is 21.9. The van der Waals surface area contributed by atoms with Crippen LogP contribution >= 0.6 is 11.6 Å². The Labute approximate surface area is 187 Å². The van der Waals surface area contributed by atoms with Gasteiger partial charge in [-0.15, -0.1) is 0 Å². The van der Waals surface area contributed by atoms with Crippen molar-refractivity contribution in [3.8, 4) is 23.0 Å². The van der Waals surface area contributed by atoms with Crippen molar-refractivity contribution in [3.63, 3.8) is 0 Å². The molecule has 7 nitrogen and oxygen atoms in total. The number of aliphatic hydroxyl groups is 1. The first-order valence-electron chi connectivity index (χ1n) is 9.81. The summed E-state index contributed by atoms with van der Waals surface area (Å²) in [5.74, 6) is -1.48. The molecule has 0 saturated carbocycles. The highest BCUT2D eigenvalue weighted by Crippen LogP contribution is 2.36. The SMILES string of the molecule is CC(C)(O)CCNc1nc(Oc2ccc(F)cc2F)nc2n[nH]c(-c3ccccc3Cl)c12. The van der Waals surface area contributed by atoms with Gasteiger partial charge in [-0.1, -0.05) is 29.8 Å². The van der Waals surface area contributed by atoms with Gasteiger partial charge in [0.25, 0.3) is 0 Å². The molecule has 0 saturated heterocycles. The minimum Gasteiger partial charge on any atom is -0.421 e. The van der Waals surface area contributed by atoms with Gasteiger partial charge < -0.3 is 15.2 Å². The van der Waals surface area contributed by atoms with E-state index in [1.54, 1.807) is 19.9 Å². The molecule has 3 N–H and O–H groups in total. The van der Waals surface area contributed by atoms with Crippen LogP contribution in [0.15, 0.2) is 42.5 Å². The second-order valence-electron chi connectivity index (χ2n) is 7.80. The van der Waals surface area contributed by atoms with Gasteiger partial charge in [-0.05, 0) is 38.5 Å². The van der Waals surface area contributed by atoms with Gasteiger partial charge >= 0.3 is 6.01 Å². The summed E-state index contributed by atoms with van der Waals surface area (Å²) < 4.78 is 32.7. The van der Waals surface area contributed by atoms with Gasteiger partial charge in [0.05, 0.1) is 16.7 Å². The maximum absolute atomic E-state index is 14.1. The molecule has 0 fully saturated rings. The third-order valence-electron chi connectivity index (χ3n) is 4.66. The number of hydrogen-bond donors (Lipinski definition) is 3. The van der Waals surface area contributed by atoms with E-state index in [2.05, 4.69) is 25.5 Å². The molecule has 10 heteroatoms. The minimum absolute atomic E-state index is 0.175. The van der Waals surface area contributed by atoms with Crippen molar-refractivity contribution in [1.82, 2.24) is 20.2 Å². The van der Waals surface area contributed by atoms with E-state index in [4.69, 9.17) is 16.3 Å². The van der Waals surface area contributed by atoms with Crippen LogP contribution in [0.1, 0.15) is 20.3 Å². The quantitative estimate of drug-likeness (QED) is 0.346. The molecule has 32 heavy (non-hydrogen) atoms. The molecule has 0 aliphatic heterocycles. The number of nitrogens with one attached hydrogen (secondary N) is 2. The van der Waals surface area contributed by atoms with Gasteiger partial charge in [0, 0.05) is 23.2 Å². The summed E-state index contributed by atoms with van der Waals surface area (Å²) in [5.41, 5.74) is 0.663. The minimum atomic E-state index is -0.891. The molecule has 2 aromatic carbocycles. The van der Waals surface area contributed by atoms with E-state index in [1.807, 2.05) is 18.2 Å². The molecule has 0 aliphatic rings. The lowest BCUT2D eigenvalue weighted by atomic mass is 10.1. The van der Waals surface area contributed by atoms with Crippen molar-refractivity contribution in [2.75, 3.05) is 11.9 Å². The Kier molecular flexibility index (Phi) is 5.94. The van der Waals surface area contributed by atoms with Crippen molar-refractivity contribution in [2.45, 2.75) is 25.9 Å². The molecule has 166 valence electrons. The Balaban J connectivity index is 1.78. The highest BCUT2D eigenvalue weighted by atomic mass is 35.5. The average Bonchev–Trinajstić information content (AvgIpc) is 3.13.